The Bertz CT molecular complexity index is 1090. The maximum absolute atomic E-state index is 13.2. The van der Waals surface area contributed by atoms with Gasteiger partial charge in [0.1, 0.15) is 0 Å². The molecule has 2 aliphatic heterocycles. The first-order valence-electron chi connectivity index (χ1n) is 10.9. The number of likely N-dealkylation sites (tertiary alicyclic amines) is 1. The van der Waals surface area contributed by atoms with Gasteiger partial charge in [-0.1, -0.05) is 19.3 Å². The van der Waals surface area contributed by atoms with Crippen LogP contribution in [0.2, 0.25) is 0 Å². The lowest BCUT2D eigenvalue weighted by Crippen LogP contribution is -2.39. The van der Waals surface area contributed by atoms with Crippen LogP contribution in [0.3, 0.4) is 0 Å². The third kappa shape index (κ3) is 3.14. The van der Waals surface area contributed by atoms with Gasteiger partial charge in [0, 0.05) is 35.1 Å². The van der Waals surface area contributed by atoms with Gasteiger partial charge in [0.15, 0.2) is 17.3 Å². The second-order valence-electron chi connectivity index (χ2n) is 8.88. The molecule has 1 aromatic heterocycles. The molecule has 2 fully saturated rings. The minimum absolute atomic E-state index is 0.157. The smallest absolute Gasteiger partial charge is 0.236 e. The minimum atomic E-state index is -0.570. The molecule has 1 spiro atoms. The largest absolute Gasteiger partial charge is 0.454 e. The standard InChI is InChI=1S/C24H26N2O5/c1-15-10-18(16(2)26(15)17-6-7-20-21(11-17)31-14-30-20)19(27)13-25-22(28)12-24(23(25)29)8-4-3-5-9-24/h6-7,10-11H,3-5,8-9,12-14H2,1-2H3. The van der Waals surface area contributed by atoms with Crippen molar-refractivity contribution in [3.05, 3.63) is 41.2 Å². The second-order valence-corrected chi connectivity index (χ2v) is 8.88. The lowest BCUT2D eigenvalue weighted by atomic mass is 9.73. The molecule has 7 heteroatoms. The zero-order valence-corrected chi connectivity index (χ0v) is 17.9. The lowest BCUT2D eigenvalue weighted by molar-refractivity contribution is -0.141. The molecule has 1 saturated heterocycles. The first-order valence-corrected chi connectivity index (χ1v) is 10.9. The van der Waals surface area contributed by atoms with E-state index in [1.165, 1.54) is 4.90 Å². The van der Waals surface area contributed by atoms with Crippen molar-refractivity contribution >= 4 is 17.6 Å². The summed E-state index contributed by atoms with van der Waals surface area (Å²) in [5.41, 5.74) is 2.49. The third-order valence-corrected chi connectivity index (χ3v) is 6.95. The average molecular weight is 422 g/mol. The van der Waals surface area contributed by atoms with E-state index in [2.05, 4.69) is 0 Å². The van der Waals surface area contributed by atoms with E-state index in [-0.39, 0.29) is 37.4 Å². The molecule has 162 valence electrons. The molecular weight excluding hydrogens is 396 g/mol. The summed E-state index contributed by atoms with van der Waals surface area (Å²) < 4.78 is 12.8. The minimum Gasteiger partial charge on any atom is -0.454 e. The van der Waals surface area contributed by atoms with Crippen LogP contribution in [-0.2, 0) is 9.59 Å². The van der Waals surface area contributed by atoms with Gasteiger partial charge in [-0.15, -0.1) is 0 Å². The summed E-state index contributed by atoms with van der Waals surface area (Å²) >= 11 is 0. The number of rotatable bonds is 4. The van der Waals surface area contributed by atoms with E-state index in [1.807, 2.05) is 42.7 Å². The lowest BCUT2D eigenvalue weighted by Gasteiger charge is -2.30. The molecule has 0 bridgehead atoms. The first kappa shape index (κ1) is 19.8. The zero-order valence-electron chi connectivity index (χ0n) is 17.9. The Morgan fingerprint density at radius 1 is 1.03 bits per heavy atom. The predicted molar refractivity (Wildman–Crippen MR) is 113 cm³/mol. The average Bonchev–Trinajstić information content (AvgIpc) is 3.40. The van der Waals surface area contributed by atoms with Gasteiger partial charge in [-0.05, 0) is 44.9 Å². The number of carbonyl (C=O) groups is 3. The normalized spacial score (nSPS) is 19.5. The molecule has 1 aliphatic carbocycles. The summed E-state index contributed by atoms with van der Waals surface area (Å²) in [4.78, 5) is 40.1. The summed E-state index contributed by atoms with van der Waals surface area (Å²) in [6, 6.07) is 7.48. The molecule has 2 amide bonds. The highest BCUT2D eigenvalue weighted by Crippen LogP contribution is 2.45. The van der Waals surface area contributed by atoms with Gasteiger partial charge in [-0.3, -0.25) is 19.3 Å². The molecule has 5 rings (SSSR count). The summed E-state index contributed by atoms with van der Waals surface area (Å²) in [6.45, 7) is 3.81. The fourth-order valence-electron chi connectivity index (χ4n) is 5.33. The van der Waals surface area contributed by atoms with E-state index in [0.717, 1.165) is 49.2 Å². The molecule has 2 aromatic rings. The highest BCUT2D eigenvalue weighted by molar-refractivity contribution is 6.10. The summed E-state index contributed by atoms with van der Waals surface area (Å²) in [5.74, 6) is 0.781. The number of benzene rings is 1. The Morgan fingerprint density at radius 2 is 1.77 bits per heavy atom. The quantitative estimate of drug-likeness (QED) is 0.554. The fraction of sp³-hybridized carbons (Fsp3) is 0.458. The fourth-order valence-corrected chi connectivity index (χ4v) is 5.33. The zero-order chi connectivity index (χ0) is 21.8. The van der Waals surface area contributed by atoms with Crippen LogP contribution >= 0.6 is 0 Å². The summed E-state index contributed by atoms with van der Waals surface area (Å²) in [6.07, 6.45) is 4.79. The monoisotopic (exact) mass is 422 g/mol. The predicted octanol–water partition coefficient (Wildman–Crippen LogP) is 3.71. The number of amides is 2. The van der Waals surface area contributed by atoms with Gasteiger partial charge in [-0.25, -0.2) is 0 Å². The van der Waals surface area contributed by atoms with E-state index in [9.17, 15) is 14.4 Å². The van der Waals surface area contributed by atoms with Crippen LogP contribution < -0.4 is 9.47 Å². The van der Waals surface area contributed by atoms with Crippen LogP contribution in [0.15, 0.2) is 24.3 Å². The number of ketones is 1. The van der Waals surface area contributed by atoms with E-state index in [0.29, 0.717) is 17.1 Å². The maximum atomic E-state index is 13.2. The van der Waals surface area contributed by atoms with Crippen molar-refractivity contribution in [3.8, 4) is 17.2 Å². The van der Waals surface area contributed by atoms with E-state index >= 15 is 0 Å². The summed E-state index contributed by atoms with van der Waals surface area (Å²) in [5, 5.41) is 0. The first-order chi connectivity index (χ1) is 14.9. The Hall–Kier alpha value is -3.09. The molecule has 0 atom stereocenters. The Kier molecular flexibility index (Phi) is 4.64. The number of ether oxygens (including phenoxy) is 2. The van der Waals surface area contributed by atoms with Crippen molar-refractivity contribution in [3.63, 3.8) is 0 Å². The van der Waals surface area contributed by atoms with Gasteiger partial charge in [0.25, 0.3) is 0 Å². The number of Topliss-reactive ketones (excluding diaryl/α,β-unsaturated/α-hetero) is 1. The van der Waals surface area contributed by atoms with Crippen LogP contribution in [0.5, 0.6) is 11.5 Å². The van der Waals surface area contributed by atoms with Gasteiger partial charge < -0.3 is 14.0 Å². The van der Waals surface area contributed by atoms with E-state index in [4.69, 9.17) is 9.47 Å². The number of fused-ring (bicyclic) bond motifs is 1. The molecule has 3 aliphatic rings. The molecule has 1 aromatic carbocycles. The van der Waals surface area contributed by atoms with Crippen molar-refractivity contribution < 1.29 is 23.9 Å². The Balaban J connectivity index is 1.40. The SMILES string of the molecule is Cc1cc(C(=O)CN2C(=O)CC3(CCCCC3)C2=O)c(C)n1-c1ccc2c(c1)OCO2. The number of aryl methyl sites for hydroxylation is 1. The second kappa shape index (κ2) is 7.25. The topological polar surface area (TPSA) is 77.8 Å². The van der Waals surface area contributed by atoms with Crippen LogP contribution in [0.25, 0.3) is 5.69 Å². The highest BCUT2D eigenvalue weighted by Gasteiger charge is 2.51. The van der Waals surface area contributed by atoms with Crippen LogP contribution in [0.4, 0.5) is 0 Å². The van der Waals surface area contributed by atoms with E-state index in [1.54, 1.807) is 0 Å². The maximum Gasteiger partial charge on any atom is 0.236 e. The third-order valence-electron chi connectivity index (χ3n) is 6.95. The summed E-state index contributed by atoms with van der Waals surface area (Å²) in [7, 11) is 0. The molecule has 3 heterocycles. The molecule has 0 unspecified atom stereocenters. The Labute approximate surface area is 180 Å². The van der Waals surface area contributed by atoms with E-state index < -0.39 is 5.41 Å². The van der Waals surface area contributed by atoms with Gasteiger partial charge >= 0.3 is 0 Å². The van der Waals surface area contributed by atoms with Gasteiger partial charge in [-0.2, -0.15) is 0 Å². The van der Waals surface area contributed by atoms with Crippen LogP contribution in [0, 0.1) is 19.3 Å². The van der Waals surface area contributed by atoms with Crippen molar-refractivity contribution in [2.45, 2.75) is 52.4 Å². The molecule has 7 nitrogen and oxygen atoms in total. The molecule has 0 radical (unpaired) electrons. The number of carbonyl (C=O) groups excluding carboxylic acids is 3. The van der Waals surface area contributed by atoms with Crippen LogP contribution in [-0.4, -0.2) is 40.4 Å². The number of hydrogen-bond donors (Lipinski definition) is 0. The van der Waals surface area contributed by atoms with Crippen molar-refractivity contribution in [2.75, 3.05) is 13.3 Å². The van der Waals surface area contributed by atoms with Gasteiger partial charge in [0.05, 0.1) is 12.0 Å². The van der Waals surface area contributed by atoms with Crippen molar-refractivity contribution in [1.82, 2.24) is 9.47 Å². The van der Waals surface area contributed by atoms with Crippen molar-refractivity contribution in [1.29, 1.82) is 0 Å². The highest BCUT2D eigenvalue weighted by atomic mass is 16.7. The number of aromatic nitrogens is 1. The molecular formula is C24H26N2O5. The molecule has 0 N–H and O–H groups in total. The number of imide groups is 1. The van der Waals surface area contributed by atoms with Crippen LogP contribution in [0.1, 0.15) is 60.3 Å². The van der Waals surface area contributed by atoms with Crippen molar-refractivity contribution in [2.24, 2.45) is 5.41 Å². The van der Waals surface area contributed by atoms with Gasteiger partial charge in [0.2, 0.25) is 18.6 Å². The Morgan fingerprint density at radius 3 is 2.55 bits per heavy atom. The number of hydrogen-bond acceptors (Lipinski definition) is 5. The molecule has 31 heavy (non-hydrogen) atoms. The number of nitrogens with zero attached hydrogens (tertiary/aromatic N) is 2. The molecule has 1 saturated carbocycles.